The predicted molar refractivity (Wildman–Crippen MR) is 46.6 cm³/mol. The number of morpholine rings is 1. The molecule has 2 aliphatic rings. The molecule has 14 heavy (non-hydrogen) atoms. The number of hydrogen-bond donors (Lipinski definition) is 1. The van der Waals surface area contributed by atoms with Gasteiger partial charge >= 0.3 is 5.97 Å². The largest absolute Gasteiger partial charge is 0.481 e. The molecule has 1 heterocycles. The Balaban J connectivity index is 1.87. The summed E-state index contributed by atoms with van der Waals surface area (Å²) in [4.78, 5) is 24.0. The molecule has 5 heteroatoms. The smallest absolute Gasteiger partial charge is 0.307 e. The summed E-state index contributed by atoms with van der Waals surface area (Å²) in [5.74, 6) is -1.58. The fraction of sp³-hybridized carbons (Fsp3) is 0.778. The summed E-state index contributed by atoms with van der Waals surface area (Å²) in [5.41, 5.74) is 0. The number of carboxylic acid groups (broad SMARTS) is 1. The van der Waals surface area contributed by atoms with E-state index >= 15 is 0 Å². The topological polar surface area (TPSA) is 66.8 Å². The van der Waals surface area contributed by atoms with E-state index < -0.39 is 11.9 Å². The quantitative estimate of drug-likeness (QED) is 0.655. The summed E-state index contributed by atoms with van der Waals surface area (Å²) in [5, 5.41) is 8.68. The lowest BCUT2D eigenvalue weighted by Gasteiger charge is -2.26. The highest BCUT2D eigenvalue weighted by Crippen LogP contribution is 2.40. The Morgan fingerprint density at radius 2 is 1.86 bits per heavy atom. The van der Waals surface area contributed by atoms with Gasteiger partial charge in [-0.25, -0.2) is 0 Å². The van der Waals surface area contributed by atoms with Crippen LogP contribution in [0.3, 0.4) is 0 Å². The van der Waals surface area contributed by atoms with Crippen LogP contribution < -0.4 is 0 Å². The van der Waals surface area contributed by atoms with Gasteiger partial charge in [-0.1, -0.05) is 0 Å². The average Bonchev–Trinajstić information content (AvgIpc) is 2.97. The van der Waals surface area contributed by atoms with Crippen molar-refractivity contribution in [2.24, 2.45) is 11.8 Å². The summed E-state index contributed by atoms with van der Waals surface area (Å²) in [6.45, 7) is 2.33. The Morgan fingerprint density at radius 3 is 2.36 bits per heavy atom. The zero-order chi connectivity index (χ0) is 10.1. The molecular weight excluding hydrogens is 186 g/mol. The number of rotatable bonds is 2. The van der Waals surface area contributed by atoms with Crippen molar-refractivity contribution in [3.63, 3.8) is 0 Å². The molecule has 0 radical (unpaired) electrons. The zero-order valence-electron chi connectivity index (χ0n) is 7.81. The normalized spacial score (nSPS) is 31.3. The minimum absolute atomic E-state index is 0.0132. The fourth-order valence-corrected chi connectivity index (χ4v) is 1.76. The van der Waals surface area contributed by atoms with E-state index in [1.165, 1.54) is 0 Å². The van der Waals surface area contributed by atoms with E-state index in [2.05, 4.69) is 0 Å². The van der Waals surface area contributed by atoms with Crippen molar-refractivity contribution in [3.05, 3.63) is 0 Å². The number of amides is 1. The second kappa shape index (κ2) is 3.57. The number of carbonyl (C=O) groups is 2. The third-order valence-corrected chi connectivity index (χ3v) is 2.75. The van der Waals surface area contributed by atoms with Crippen LogP contribution in [0.4, 0.5) is 0 Å². The molecular formula is C9H13NO4. The zero-order valence-corrected chi connectivity index (χ0v) is 7.81. The van der Waals surface area contributed by atoms with Crippen LogP contribution in [-0.4, -0.2) is 48.2 Å². The summed E-state index contributed by atoms with van der Waals surface area (Å²) in [6, 6.07) is 0. The van der Waals surface area contributed by atoms with Crippen LogP contribution in [0.25, 0.3) is 0 Å². The molecule has 5 nitrogen and oxygen atoms in total. The predicted octanol–water partition coefficient (Wildman–Crippen LogP) is -0.434. The first kappa shape index (κ1) is 9.45. The maximum Gasteiger partial charge on any atom is 0.307 e. The first-order valence-corrected chi connectivity index (χ1v) is 4.79. The van der Waals surface area contributed by atoms with Crippen LogP contribution >= 0.6 is 0 Å². The lowest BCUT2D eigenvalue weighted by Crippen LogP contribution is -2.41. The van der Waals surface area contributed by atoms with Crippen LogP contribution in [0.1, 0.15) is 6.42 Å². The van der Waals surface area contributed by atoms with Crippen LogP contribution in [-0.2, 0) is 14.3 Å². The molecule has 0 bridgehead atoms. The third kappa shape index (κ3) is 1.72. The Morgan fingerprint density at radius 1 is 1.21 bits per heavy atom. The standard InChI is InChI=1S/C9H13NO4/c11-8(6-5-7(6)9(12)13)10-1-3-14-4-2-10/h6-7H,1-5H2,(H,12,13). The second-order valence-corrected chi connectivity index (χ2v) is 3.72. The second-order valence-electron chi connectivity index (χ2n) is 3.72. The molecule has 0 spiro atoms. The molecule has 1 aliphatic carbocycles. The van der Waals surface area contributed by atoms with Crippen molar-refractivity contribution in [1.82, 2.24) is 4.90 Å². The third-order valence-electron chi connectivity index (χ3n) is 2.75. The molecule has 78 valence electrons. The van der Waals surface area contributed by atoms with E-state index in [0.717, 1.165) is 0 Å². The molecule has 2 rings (SSSR count). The maximum atomic E-state index is 11.7. The molecule has 0 aromatic rings. The molecule has 0 aromatic carbocycles. The van der Waals surface area contributed by atoms with E-state index in [9.17, 15) is 9.59 Å². The maximum absolute atomic E-state index is 11.7. The molecule has 0 aromatic heterocycles. The van der Waals surface area contributed by atoms with Gasteiger partial charge in [0.2, 0.25) is 5.91 Å². The van der Waals surface area contributed by atoms with Gasteiger partial charge in [0.25, 0.3) is 0 Å². The van der Waals surface area contributed by atoms with Gasteiger partial charge in [-0.05, 0) is 6.42 Å². The number of carbonyl (C=O) groups excluding carboxylic acids is 1. The SMILES string of the molecule is O=C(O)C1CC1C(=O)N1CCOCC1. The van der Waals surface area contributed by atoms with Gasteiger partial charge in [0.1, 0.15) is 0 Å². The molecule has 1 saturated heterocycles. The van der Waals surface area contributed by atoms with Crippen molar-refractivity contribution in [1.29, 1.82) is 0 Å². The lowest BCUT2D eigenvalue weighted by atomic mass is 10.2. The monoisotopic (exact) mass is 199 g/mol. The molecule has 2 atom stereocenters. The number of ether oxygens (including phenoxy) is 1. The van der Waals surface area contributed by atoms with Crippen molar-refractivity contribution in [2.75, 3.05) is 26.3 Å². The summed E-state index contributed by atoms with van der Waals surface area (Å²) < 4.78 is 5.11. The van der Waals surface area contributed by atoms with E-state index in [1.807, 2.05) is 0 Å². The van der Waals surface area contributed by atoms with Crippen LogP contribution in [0.2, 0.25) is 0 Å². The Bertz CT molecular complexity index is 260. The van der Waals surface area contributed by atoms with Gasteiger partial charge in [-0.2, -0.15) is 0 Å². The van der Waals surface area contributed by atoms with Crippen molar-refractivity contribution in [2.45, 2.75) is 6.42 Å². The van der Waals surface area contributed by atoms with Crippen molar-refractivity contribution < 1.29 is 19.4 Å². The first-order valence-electron chi connectivity index (χ1n) is 4.79. The Kier molecular flexibility index (Phi) is 2.41. The minimum atomic E-state index is -0.850. The van der Waals surface area contributed by atoms with Crippen LogP contribution in [0, 0.1) is 11.8 Å². The highest BCUT2D eigenvalue weighted by Gasteiger charge is 2.49. The minimum Gasteiger partial charge on any atom is -0.481 e. The van der Waals surface area contributed by atoms with Gasteiger partial charge in [0.15, 0.2) is 0 Å². The van der Waals surface area contributed by atoms with Gasteiger partial charge in [0, 0.05) is 13.1 Å². The molecule has 1 amide bonds. The van der Waals surface area contributed by atoms with Crippen LogP contribution in [0.5, 0.6) is 0 Å². The van der Waals surface area contributed by atoms with Crippen molar-refractivity contribution in [3.8, 4) is 0 Å². The molecule has 2 fully saturated rings. The van der Waals surface area contributed by atoms with Crippen molar-refractivity contribution >= 4 is 11.9 Å². The highest BCUT2D eigenvalue weighted by atomic mass is 16.5. The summed E-state index contributed by atoms with van der Waals surface area (Å²) >= 11 is 0. The summed E-state index contributed by atoms with van der Waals surface area (Å²) in [6.07, 6.45) is 0.505. The molecule has 2 unspecified atom stereocenters. The molecule has 1 N–H and O–H groups in total. The van der Waals surface area contributed by atoms with Gasteiger partial charge in [0.05, 0.1) is 25.0 Å². The number of hydrogen-bond acceptors (Lipinski definition) is 3. The van der Waals surface area contributed by atoms with E-state index in [1.54, 1.807) is 4.90 Å². The fourth-order valence-electron chi connectivity index (χ4n) is 1.76. The van der Waals surface area contributed by atoms with E-state index in [0.29, 0.717) is 32.7 Å². The van der Waals surface area contributed by atoms with Gasteiger partial charge in [-0.3, -0.25) is 9.59 Å². The number of carboxylic acids is 1. The first-order chi connectivity index (χ1) is 6.70. The number of aliphatic carboxylic acids is 1. The lowest BCUT2D eigenvalue weighted by molar-refractivity contribution is -0.143. The average molecular weight is 199 g/mol. The van der Waals surface area contributed by atoms with Crippen LogP contribution in [0.15, 0.2) is 0 Å². The van der Waals surface area contributed by atoms with E-state index in [-0.39, 0.29) is 11.8 Å². The molecule has 1 aliphatic heterocycles. The Hall–Kier alpha value is -1.10. The Labute approximate surface area is 81.6 Å². The van der Waals surface area contributed by atoms with Gasteiger partial charge < -0.3 is 14.7 Å². The summed E-state index contributed by atoms with van der Waals surface area (Å²) in [7, 11) is 0. The number of nitrogens with zero attached hydrogens (tertiary/aromatic N) is 1. The van der Waals surface area contributed by atoms with Gasteiger partial charge in [-0.15, -0.1) is 0 Å². The highest BCUT2D eigenvalue weighted by molar-refractivity contribution is 5.89. The van der Waals surface area contributed by atoms with E-state index in [4.69, 9.17) is 9.84 Å². The molecule has 1 saturated carbocycles.